The van der Waals surface area contributed by atoms with E-state index in [1.807, 2.05) is 6.92 Å². The van der Waals surface area contributed by atoms with E-state index in [4.69, 9.17) is 16.6 Å². The van der Waals surface area contributed by atoms with Crippen molar-refractivity contribution < 1.29 is 4.39 Å². The second-order valence-electron chi connectivity index (χ2n) is 7.41. The molecule has 2 heterocycles. The van der Waals surface area contributed by atoms with Crippen molar-refractivity contribution in [1.82, 2.24) is 19.8 Å². The van der Waals surface area contributed by atoms with Gasteiger partial charge in [0, 0.05) is 32.2 Å². The fourth-order valence-electron chi connectivity index (χ4n) is 3.95. The lowest BCUT2D eigenvalue weighted by molar-refractivity contribution is 0.169. The van der Waals surface area contributed by atoms with Crippen molar-refractivity contribution in [2.45, 2.75) is 46.2 Å². The third-order valence-electron chi connectivity index (χ3n) is 5.26. The molecule has 1 N–H and O–H groups in total. The van der Waals surface area contributed by atoms with Crippen molar-refractivity contribution in [3.05, 3.63) is 39.2 Å². The molecule has 27 heavy (non-hydrogen) atoms. The number of aromatic nitrogens is 2. The number of nitrogens with one attached hydrogen (secondary N) is 1. The zero-order valence-corrected chi connectivity index (χ0v) is 17.0. The summed E-state index contributed by atoms with van der Waals surface area (Å²) in [5.74, 6) is 0.703. The first-order valence-electron chi connectivity index (χ1n) is 9.80. The van der Waals surface area contributed by atoms with Gasteiger partial charge in [0.1, 0.15) is 11.6 Å². The van der Waals surface area contributed by atoms with Gasteiger partial charge < -0.3 is 5.32 Å². The van der Waals surface area contributed by atoms with Crippen LogP contribution in [0.5, 0.6) is 0 Å². The molecule has 0 amide bonds. The third kappa shape index (κ3) is 4.18. The molecule has 2 atom stereocenters. The number of hydrogen-bond acceptors (Lipinski definition) is 4. The maximum Gasteiger partial charge on any atom is 0.261 e. The SMILES string of the molecule is CCC[C@@H](c1nc2cc(F)c(Cl)cc2c(=O)n1CC)N1CCNCC(C)C1. The first kappa shape index (κ1) is 20.2. The van der Waals surface area contributed by atoms with Crippen LogP contribution in [-0.4, -0.2) is 40.6 Å². The number of hydrogen-bond donors (Lipinski definition) is 1. The van der Waals surface area contributed by atoms with Crippen LogP contribution in [0, 0.1) is 11.7 Å². The lowest BCUT2D eigenvalue weighted by atomic mass is 10.1. The summed E-state index contributed by atoms with van der Waals surface area (Å²) >= 11 is 5.90. The minimum atomic E-state index is -0.545. The number of benzene rings is 1. The Morgan fingerprint density at radius 3 is 2.89 bits per heavy atom. The Labute approximate surface area is 164 Å². The van der Waals surface area contributed by atoms with Crippen LogP contribution >= 0.6 is 11.6 Å². The Bertz CT molecular complexity index is 869. The Morgan fingerprint density at radius 2 is 2.19 bits per heavy atom. The van der Waals surface area contributed by atoms with Crippen LogP contribution in [0.1, 0.15) is 45.5 Å². The number of nitrogens with zero attached hydrogens (tertiary/aromatic N) is 3. The first-order valence-corrected chi connectivity index (χ1v) is 10.2. The minimum Gasteiger partial charge on any atom is -0.315 e. The van der Waals surface area contributed by atoms with Crippen molar-refractivity contribution in [2.24, 2.45) is 5.92 Å². The molecule has 0 spiro atoms. The molecule has 0 saturated carbocycles. The summed E-state index contributed by atoms with van der Waals surface area (Å²) in [6.07, 6.45) is 1.89. The van der Waals surface area contributed by atoms with Gasteiger partial charge in [-0.2, -0.15) is 0 Å². The van der Waals surface area contributed by atoms with Gasteiger partial charge >= 0.3 is 0 Å². The minimum absolute atomic E-state index is 0.0353. The average Bonchev–Trinajstić information content (AvgIpc) is 2.85. The van der Waals surface area contributed by atoms with Gasteiger partial charge in [0.15, 0.2) is 0 Å². The number of halogens is 2. The van der Waals surface area contributed by atoms with Crippen LogP contribution in [0.25, 0.3) is 10.9 Å². The highest BCUT2D eigenvalue weighted by molar-refractivity contribution is 6.31. The molecule has 1 aromatic carbocycles. The average molecular weight is 395 g/mol. The van der Waals surface area contributed by atoms with Crippen LogP contribution < -0.4 is 10.9 Å². The van der Waals surface area contributed by atoms with E-state index in [9.17, 15) is 9.18 Å². The molecule has 7 heteroatoms. The molecule has 1 aliphatic rings. The fourth-order valence-corrected chi connectivity index (χ4v) is 4.12. The normalized spacial score (nSPS) is 20.0. The van der Waals surface area contributed by atoms with Gasteiger partial charge in [-0.15, -0.1) is 0 Å². The van der Waals surface area contributed by atoms with Crippen LogP contribution in [-0.2, 0) is 6.54 Å². The summed E-state index contributed by atoms with van der Waals surface area (Å²) in [6.45, 7) is 10.6. The van der Waals surface area contributed by atoms with E-state index in [-0.39, 0.29) is 16.6 Å². The summed E-state index contributed by atoms with van der Waals surface area (Å²) in [4.78, 5) is 20.3. The molecule has 5 nitrogen and oxygen atoms in total. The molecule has 1 aromatic heterocycles. The molecule has 1 fully saturated rings. The summed E-state index contributed by atoms with van der Waals surface area (Å²) in [7, 11) is 0. The molecule has 3 rings (SSSR count). The van der Waals surface area contributed by atoms with Gasteiger partial charge in [-0.05, 0) is 31.9 Å². The van der Waals surface area contributed by atoms with Gasteiger partial charge in [-0.1, -0.05) is 31.9 Å². The van der Waals surface area contributed by atoms with Crippen molar-refractivity contribution in [3.8, 4) is 0 Å². The zero-order valence-electron chi connectivity index (χ0n) is 16.3. The van der Waals surface area contributed by atoms with Gasteiger partial charge in [-0.25, -0.2) is 9.37 Å². The van der Waals surface area contributed by atoms with E-state index < -0.39 is 5.82 Å². The summed E-state index contributed by atoms with van der Waals surface area (Å²) in [5.41, 5.74) is 0.227. The molecule has 0 bridgehead atoms. The summed E-state index contributed by atoms with van der Waals surface area (Å²) < 4.78 is 15.7. The Hall–Kier alpha value is -1.50. The van der Waals surface area contributed by atoms with Crippen LogP contribution in [0.2, 0.25) is 5.02 Å². The fraction of sp³-hybridized carbons (Fsp3) is 0.600. The highest BCUT2D eigenvalue weighted by Gasteiger charge is 2.27. The van der Waals surface area contributed by atoms with Gasteiger partial charge in [0.25, 0.3) is 5.56 Å². The second-order valence-corrected chi connectivity index (χ2v) is 7.82. The zero-order chi connectivity index (χ0) is 19.6. The first-order chi connectivity index (χ1) is 13.0. The molecular formula is C20H28ClFN4O. The van der Waals surface area contributed by atoms with Gasteiger partial charge in [0.2, 0.25) is 0 Å². The maximum absolute atomic E-state index is 14.0. The summed E-state index contributed by atoms with van der Waals surface area (Å²) in [6, 6.07) is 2.70. The predicted octanol–water partition coefficient (Wildman–Crippen LogP) is 3.59. The topological polar surface area (TPSA) is 50.2 Å². The molecule has 1 aliphatic heterocycles. The molecule has 0 aliphatic carbocycles. The highest BCUT2D eigenvalue weighted by atomic mass is 35.5. The van der Waals surface area contributed by atoms with Gasteiger partial charge in [0.05, 0.1) is 22.0 Å². The molecule has 1 unspecified atom stereocenters. The Morgan fingerprint density at radius 1 is 1.41 bits per heavy atom. The van der Waals surface area contributed by atoms with Crippen LogP contribution in [0.4, 0.5) is 4.39 Å². The monoisotopic (exact) mass is 394 g/mol. The van der Waals surface area contributed by atoms with Crippen LogP contribution in [0.15, 0.2) is 16.9 Å². The van der Waals surface area contributed by atoms with Crippen molar-refractivity contribution >= 4 is 22.5 Å². The lowest BCUT2D eigenvalue weighted by Crippen LogP contribution is -2.38. The van der Waals surface area contributed by atoms with Gasteiger partial charge in [-0.3, -0.25) is 14.3 Å². The van der Waals surface area contributed by atoms with E-state index >= 15 is 0 Å². The van der Waals surface area contributed by atoms with Crippen LogP contribution in [0.3, 0.4) is 0 Å². The van der Waals surface area contributed by atoms with Crippen molar-refractivity contribution in [3.63, 3.8) is 0 Å². The van der Waals surface area contributed by atoms with E-state index in [0.29, 0.717) is 23.4 Å². The molecule has 2 aromatic rings. The van der Waals surface area contributed by atoms with E-state index in [2.05, 4.69) is 24.1 Å². The highest BCUT2D eigenvalue weighted by Crippen LogP contribution is 2.28. The number of rotatable bonds is 5. The molecule has 148 valence electrons. The molecule has 1 saturated heterocycles. The largest absolute Gasteiger partial charge is 0.315 e. The smallest absolute Gasteiger partial charge is 0.261 e. The molecule has 0 radical (unpaired) electrons. The standard InChI is InChI=1S/C20H28ClFN4O/c1-4-6-18(25-8-7-23-11-13(3)12-25)19-24-17-10-16(22)15(21)9-14(17)20(27)26(19)5-2/h9-10,13,18,23H,4-8,11-12H2,1-3H3/t13?,18-/m0/s1. The van der Waals surface area contributed by atoms with E-state index in [0.717, 1.165) is 44.8 Å². The number of fused-ring (bicyclic) bond motifs is 1. The maximum atomic E-state index is 14.0. The lowest BCUT2D eigenvalue weighted by Gasteiger charge is -2.32. The predicted molar refractivity (Wildman–Crippen MR) is 108 cm³/mol. The Balaban J connectivity index is 2.16. The van der Waals surface area contributed by atoms with E-state index in [1.165, 1.54) is 12.1 Å². The van der Waals surface area contributed by atoms with Crippen molar-refractivity contribution in [1.29, 1.82) is 0 Å². The van der Waals surface area contributed by atoms with E-state index in [1.54, 1.807) is 4.57 Å². The summed E-state index contributed by atoms with van der Waals surface area (Å²) in [5, 5.41) is 3.79. The molecular weight excluding hydrogens is 367 g/mol. The third-order valence-corrected chi connectivity index (χ3v) is 5.55. The second kappa shape index (κ2) is 8.67. The Kier molecular flexibility index (Phi) is 6.50. The quantitative estimate of drug-likeness (QED) is 0.841. The van der Waals surface area contributed by atoms with Crippen molar-refractivity contribution in [2.75, 3.05) is 26.2 Å².